The fraction of sp³-hybridized carbons (Fsp3) is 0.179. The summed E-state index contributed by atoms with van der Waals surface area (Å²) in [5, 5.41) is 2.26. The predicted molar refractivity (Wildman–Crippen MR) is 146 cm³/mol. The lowest BCUT2D eigenvalue weighted by atomic mass is 10.0. The maximum Gasteiger partial charge on any atom is 0.335 e. The van der Waals surface area contributed by atoms with Gasteiger partial charge in [0.2, 0.25) is 0 Å². The number of carbonyl (C=O) groups is 3. The molecule has 1 aliphatic heterocycles. The van der Waals surface area contributed by atoms with E-state index in [-0.39, 0.29) is 5.57 Å². The molecule has 3 aromatic carbocycles. The fourth-order valence-electron chi connectivity index (χ4n) is 3.67. The summed E-state index contributed by atoms with van der Waals surface area (Å²) in [6.07, 6.45) is 1.45. The van der Waals surface area contributed by atoms with E-state index in [1.807, 2.05) is 51.1 Å². The maximum absolute atomic E-state index is 13.2. The van der Waals surface area contributed by atoms with Crippen molar-refractivity contribution in [2.24, 2.45) is 0 Å². The summed E-state index contributed by atoms with van der Waals surface area (Å²) in [7, 11) is 0. The number of amides is 4. The van der Waals surface area contributed by atoms with E-state index in [4.69, 9.17) is 9.47 Å². The minimum absolute atomic E-state index is 0.150. The molecule has 0 aliphatic carbocycles. The van der Waals surface area contributed by atoms with Gasteiger partial charge in [0.25, 0.3) is 11.8 Å². The van der Waals surface area contributed by atoms with Gasteiger partial charge in [-0.2, -0.15) is 0 Å². The standard InChI is InChI=1S/C28H25IN2O5/c1-4-35-25-15-20(8-12-24(25)36-16-19-6-9-21(29)10-7-19)14-23-26(32)30-28(34)31(27(23)33)22-11-5-17(2)18(3)13-22/h5-15H,4,16H2,1-3H3,(H,30,32,34)/b23-14+. The molecular formula is C28H25IN2O5. The van der Waals surface area contributed by atoms with Gasteiger partial charge in [0.15, 0.2) is 11.5 Å². The highest BCUT2D eigenvalue weighted by atomic mass is 127. The summed E-state index contributed by atoms with van der Waals surface area (Å²) in [4.78, 5) is 39.3. The van der Waals surface area contributed by atoms with Crippen molar-refractivity contribution in [1.29, 1.82) is 0 Å². The third-order valence-electron chi connectivity index (χ3n) is 5.74. The molecule has 0 unspecified atom stereocenters. The van der Waals surface area contributed by atoms with Crippen molar-refractivity contribution in [1.82, 2.24) is 5.32 Å². The van der Waals surface area contributed by atoms with Gasteiger partial charge in [-0.25, -0.2) is 9.69 Å². The molecule has 184 valence electrons. The number of benzene rings is 3. The molecular weight excluding hydrogens is 571 g/mol. The number of barbiturate groups is 1. The topological polar surface area (TPSA) is 84.9 Å². The summed E-state index contributed by atoms with van der Waals surface area (Å²) < 4.78 is 12.9. The van der Waals surface area contributed by atoms with Crippen LogP contribution in [0.1, 0.15) is 29.2 Å². The Bertz CT molecular complexity index is 1360. The van der Waals surface area contributed by atoms with Crippen LogP contribution in [-0.2, 0) is 16.2 Å². The van der Waals surface area contributed by atoms with Gasteiger partial charge in [-0.3, -0.25) is 14.9 Å². The van der Waals surface area contributed by atoms with Gasteiger partial charge in [-0.1, -0.05) is 24.3 Å². The Balaban J connectivity index is 1.61. The van der Waals surface area contributed by atoms with E-state index in [9.17, 15) is 14.4 Å². The van der Waals surface area contributed by atoms with Crippen LogP contribution in [0.4, 0.5) is 10.5 Å². The van der Waals surface area contributed by atoms with E-state index in [0.29, 0.717) is 36.0 Å². The Kier molecular flexibility index (Phi) is 7.73. The highest BCUT2D eigenvalue weighted by molar-refractivity contribution is 14.1. The molecule has 3 aromatic rings. The van der Waals surface area contributed by atoms with Gasteiger partial charge in [-0.05, 0) is 108 Å². The zero-order chi connectivity index (χ0) is 25.8. The van der Waals surface area contributed by atoms with Crippen LogP contribution in [0.15, 0.2) is 66.2 Å². The normalized spacial score (nSPS) is 14.7. The van der Waals surface area contributed by atoms with Gasteiger partial charge in [-0.15, -0.1) is 0 Å². The molecule has 4 rings (SSSR count). The second-order valence-corrected chi connectivity index (χ2v) is 9.53. The van der Waals surface area contributed by atoms with Crippen molar-refractivity contribution in [2.75, 3.05) is 11.5 Å². The van der Waals surface area contributed by atoms with E-state index in [0.717, 1.165) is 25.2 Å². The second kappa shape index (κ2) is 10.9. The molecule has 36 heavy (non-hydrogen) atoms. The number of anilines is 1. The van der Waals surface area contributed by atoms with Crippen LogP contribution in [0.25, 0.3) is 6.08 Å². The van der Waals surface area contributed by atoms with Crippen molar-refractivity contribution >= 4 is 52.2 Å². The summed E-state index contributed by atoms with van der Waals surface area (Å²) in [6, 6.07) is 17.7. The Hall–Kier alpha value is -3.66. The van der Waals surface area contributed by atoms with E-state index in [1.165, 1.54) is 6.08 Å². The first-order valence-corrected chi connectivity index (χ1v) is 12.5. The number of nitrogens with zero attached hydrogens (tertiary/aromatic N) is 1. The number of hydrogen-bond acceptors (Lipinski definition) is 5. The molecule has 1 heterocycles. The molecule has 0 bridgehead atoms. The van der Waals surface area contributed by atoms with Gasteiger partial charge >= 0.3 is 6.03 Å². The largest absolute Gasteiger partial charge is 0.490 e. The Morgan fingerprint density at radius 2 is 1.64 bits per heavy atom. The average Bonchev–Trinajstić information content (AvgIpc) is 2.84. The summed E-state index contributed by atoms with van der Waals surface area (Å²) in [5.41, 5.74) is 3.79. The fourth-order valence-corrected chi connectivity index (χ4v) is 4.03. The Labute approximate surface area is 223 Å². The molecule has 1 aliphatic rings. The third-order valence-corrected chi connectivity index (χ3v) is 6.46. The number of ether oxygens (including phenoxy) is 2. The number of nitrogens with one attached hydrogen (secondary N) is 1. The van der Waals surface area contributed by atoms with Gasteiger partial charge in [0.1, 0.15) is 12.2 Å². The number of carbonyl (C=O) groups excluding carboxylic acids is 3. The van der Waals surface area contributed by atoms with E-state index in [2.05, 4.69) is 27.9 Å². The number of rotatable bonds is 7. The van der Waals surface area contributed by atoms with Crippen LogP contribution in [0.3, 0.4) is 0 Å². The van der Waals surface area contributed by atoms with Crippen molar-refractivity contribution in [3.05, 3.63) is 92.1 Å². The van der Waals surface area contributed by atoms with Crippen LogP contribution >= 0.6 is 22.6 Å². The lowest BCUT2D eigenvalue weighted by Crippen LogP contribution is -2.54. The first-order valence-electron chi connectivity index (χ1n) is 11.4. The molecule has 1 fully saturated rings. The second-order valence-electron chi connectivity index (χ2n) is 8.28. The number of hydrogen-bond donors (Lipinski definition) is 1. The molecule has 1 saturated heterocycles. The Morgan fingerprint density at radius 3 is 2.33 bits per heavy atom. The molecule has 7 nitrogen and oxygen atoms in total. The lowest BCUT2D eigenvalue weighted by Gasteiger charge is -2.27. The van der Waals surface area contributed by atoms with E-state index >= 15 is 0 Å². The zero-order valence-electron chi connectivity index (χ0n) is 20.1. The molecule has 4 amide bonds. The molecule has 0 aromatic heterocycles. The maximum atomic E-state index is 13.2. The van der Waals surface area contributed by atoms with E-state index < -0.39 is 17.8 Å². The summed E-state index contributed by atoms with van der Waals surface area (Å²) in [5.74, 6) is -0.405. The highest BCUT2D eigenvalue weighted by Crippen LogP contribution is 2.31. The minimum atomic E-state index is -0.778. The molecule has 0 saturated carbocycles. The van der Waals surface area contributed by atoms with Crippen LogP contribution in [0.2, 0.25) is 0 Å². The lowest BCUT2D eigenvalue weighted by molar-refractivity contribution is -0.122. The van der Waals surface area contributed by atoms with Crippen LogP contribution in [0, 0.1) is 17.4 Å². The Morgan fingerprint density at radius 1 is 0.889 bits per heavy atom. The molecule has 0 radical (unpaired) electrons. The van der Waals surface area contributed by atoms with Gasteiger partial charge in [0, 0.05) is 3.57 Å². The van der Waals surface area contributed by atoms with Crippen molar-refractivity contribution in [3.8, 4) is 11.5 Å². The monoisotopic (exact) mass is 596 g/mol. The molecule has 1 N–H and O–H groups in total. The summed E-state index contributed by atoms with van der Waals surface area (Å²) in [6.45, 7) is 6.47. The first-order chi connectivity index (χ1) is 17.3. The molecule has 8 heteroatoms. The molecule has 0 atom stereocenters. The number of urea groups is 1. The predicted octanol–water partition coefficient (Wildman–Crippen LogP) is 5.55. The number of imide groups is 2. The number of aryl methyl sites for hydroxylation is 2. The van der Waals surface area contributed by atoms with Crippen molar-refractivity contribution in [3.63, 3.8) is 0 Å². The summed E-state index contributed by atoms with van der Waals surface area (Å²) >= 11 is 2.25. The SMILES string of the molecule is CCOc1cc(/C=C2\C(=O)NC(=O)N(c3ccc(C)c(C)c3)C2=O)ccc1OCc1ccc(I)cc1. The van der Waals surface area contributed by atoms with Crippen molar-refractivity contribution < 1.29 is 23.9 Å². The molecule has 0 spiro atoms. The number of halogens is 1. The minimum Gasteiger partial charge on any atom is -0.490 e. The van der Waals surface area contributed by atoms with Crippen LogP contribution in [0.5, 0.6) is 11.5 Å². The highest BCUT2D eigenvalue weighted by Gasteiger charge is 2.37. The van der Waals surface area contributed by atoms with Gasteiger partial charge in [0.05, 0.1) is 12.3 Å². The van der Waals surface area contributed by atoms with Crippen molar-refractivity contribution in [2.45, 2.75) is 27.4 Å². The zero-order valence-corrected chi connectivity index (χ0v) is 22.3. The van der Waals surface area contributed by atoms with Gasteiger partial charge < -0.3 is 9.47 Å². The third kappa shape index (κ3) is 5.59. The van der Waals surface area contributed by atoms with Crippen LogP contribution in [-0.4, -0.2) is 24.5 Å². The first kappa shape index (κ1) is 25.4. The smallest absolute Gasteiger partial charge is 0.335 e. The average molecular weight is 596 g/mol. The van der Waals surface area contributed by atoms with E-state index in [1.54, 1.807) is 30.3 Å². The quantitative estimate of drug-likeness (QED) is 0.220. The van der Waals surface area contributed by atoms with Crippen LogP contribution < -0.4 is 19.7 Å².